The monoisotopic (exact) mass is 406 g/mol. The van der Waals surface area contributed by atoms with Gasteiger partial charge in [-0.3, -0.25) is 9.69 Å². The Morgan fingerprint density at radius 3 is 2.62 bits per heavy atom. The summed E-state index contributed by atoms with van der Waals surface area (Å²) in [6.45, 7) is 4.48. The van der Waals surface area contributed by atoms with E-state index in [4.69, 9.17) is 4.74 Å². The van der Waals surface area contributed by atoms with Crippen molar-refractivity contribution in [3.05, 3.63) is 56.7 Å². The van der Waals surface area contributed by atoms with Crippen LogP contribution in [-0.2, 0) is 16.1 Å². The van der Waals surface area contributed by atoms with Crippen LogP contribution in [0.3, 0.4) is 0 Å². The second-order valence-corrected chi connectivity index (χ2v) is 8.04. The smallest absolute Gasteiger partial charge is 0.248 e. The van der Waals surface area contributed by atoms with E-state index in [9.17, 15) is 4.79 Å². The van der Waals surface area contributed by atoms with E-state index in [1.54, 1.807) is 17.4 Å². The van der Waals surface area contributed by atoms with E-state index >= 15 is 0 Å². The van der Waals surface area contributed by atoms with Crippen molar-refractivity contribution < 1.29 is 9.53 Å². The molecule has 2 heterocycles. The van der Waals surface area contributed by atoms with Gasteiger partial charge in [0.25, 0.3) is 0 Å². The first kappa shape index (κ1) is 17.4. The van der Waals surface area contributed by atoms with Crippen LogP contribution in [0.25, 0.3) is 6.08 Å². The van der Waals surface area contributed by atoms with Gasteiger partial charge < -0.3 is 10.1 Å². The van der Waals surface area contributed by atoms with Gasteiger partial charge in [0.1, 0.15) is 0 Å². The normalized spacial score (nSPS) is 15.7. The molecular formula is C18H19BrN2O2S. The van der Waals surface area contributed by atoms with Gasteiger partial charge in [-0.15, -0.1) is 11.3 Å². The van der Waals surface area contributed by atoms with Gasteiger partial charge in [-0.05, 0) is 51.8 Å². The number of nitrogens with zero attached hydrogens (tertiary/aromatic N) is 1. The number of carbonyl (C=O) groups is 1. The Labute approximate surface area is 154 Å². The van der Waals surface area contributed by atoms with Gasteiger partial charge in [-0.1, -0.05) is 12.1 Å². The number of hydrogen-bond donors (Lipinski definition) is 1. The number of halogens is 1. The van der Waals surface area contributed by atoms with E-state index in [1.165, 1.54) is 5.56 Å². The Kier molecular flexibility index (Phi) is 6.20. The Hall–Kier alpha value is -1.47. The van der Waals surface area contributed by atoms with E-state index in [-0.39, 0.29) is 5.91 Å². The fourth-order valence-corrected chi connectivity index (χ4v) is 3.80. The van der Waals surface area contributed by atoms with Gasteiger partial charge in [-0.2, -0.15) is 0 Å². The van der Waals surface area contributed by atoms with Crippen molar-refractivity contribution in [1.29, 1.82) is 0 Å². The lowest BCUT2D eigenvalue weighted by Crippen LogP contribution is -2.35. The van der Waals surface area contributed by atoms with Gasteiger partial charge in [0.15, 0.2) is 0 Å². The molecule has 3 rings (SSSR count). The van der Waals surface area contributed by atoms with Crippen molar-refractivity contribution in [3.8, 4) is 0 Å². The maximum absolute atomic E-state index is 12.0. The molecular weight excluding hydrogens is 388 g/mol. The highest BCUT2D eigenvalue weighted by molar-refractivity contribution is 9.11. The molecule has 0 aliphatic carbocycles. The van der Waals surface area contributed by atoms with Crippen LogP contribution in [0.5, 0.6) is 0 Å². The molecule has 2 aromatic rings. The highest BCUT2D eigenvalue weighted by Gasteiger charge is 2.10. The van der Waals surface area contributed by atoms with Gasteiger partial charge in [0.05, 0.1) is 17.0 Å². The van der Waals surface area contributed by atoms with Crippen molar-refractivity contribution >= 4 is 44.9 Å². The Morgan fingerprint density at radius 2 is 1.96 bits per heavy atom. The fraction of sp³-hybridized carbons (Fsp3) is 0.278. The van der Waals surface area contributed by atoms with E-state index < -0.39 is 0 Å². The number of benzene rings is 1. The number of anilines is 1. The summed E-state index contributed by atoms with van der Waals surface area (Å²) in [4.78, 5) is 15.4. The third-order valence-electron chi connectivity index (χ3n) is 3.72. The van der Waals surface area contributed by atoms with Gasteiger partial charge in [-0.25, -0.2) is 0 Å². The SMILES string of the molecule is O=C(/C=C/c1ccc(Br)s1)Nc1ccc(CN2CCOCC2)cc1. The summed E-state index contributed by atoms with van der Waals surface area (Å²) >= 11 is 5.00. The first-order chi connectivity index (χ1) is 11.7. The van der Waals surface area contributed by atoms with Crippen molar-refractivity contribution in [1.82, 2.24) is 4.90 Å². The number of morpholine rings is 1. The van der Waals surface area contributed by atoms with Gasteiger partial charge in [0.2, 0.25) is 5.91 Å². The average molecular weight is 407 g/mol. The first-order valence-electron chi connectivity index (χ1n) is 7.82. The molecule has 0 spiro atoms. The predicted molar refractivity (Wildman–Crippen MR) is 102 cm³/mol. The minimum absolute atomic E-state index is 0.125. The first-order valence-corrected chi connectivity index (χ1v) is 9.43. The minimum Gasteiger partial charge on any atom is -0.379 e. The summed E-state index contributed by atoms with van der Waals surface area (Å²) in [5.41, 5.74) is 2.05. The maximum Gasteiger partial charge on any atom is 0.248 e. The van der Waals surface area contributed by atoms with Crippen LogP contribution in [0.1, 0.15) is 10.4 Å². The van der Waals surface area contributed by atoms with Crippen LogP contribution in [0.2, 0.25) is 0 Å². The van der Waals surface area contributed by atoms with Crippen LogP contribution in [-0.4, -0.2) is 37.1 Å². The second kappa shape index (κ2) is 8.58. The molecule has 0 saturated carbocycles. The molecule has 1 N–H and O–H groups in total. The highest BCUT2D eigenvalue weighted by atomic mass is 79.9. The summed E-state index contributed by atoms with van der Waals surface area (Å²) in [5.74, 6) is -0.125. The van der Waals surface area contributed by atoms with Crippen LogP contribution in [0.4, 0.5) is 5.69 Å². The molecule has 126 valence electrons. The Bertz CT molecular complexity index is 706. The quantitative estimate of drug-likeness (QED) is 0.762. The van der Waals surface area contributed by atoms with E-state index in [2.05, 4.69) is 38.3 Å². The molecule has 0 unspecified atom stereocenters. The summed E-state index contributed by atoms with van der Waals surface area (Å²) in [5, 5.41) is 2.88. The minimum atomic E-state index is -0.125. The summed E-state index contributed by atoms with van der Waals surface area (Å²) < 4.78 is 6.41. The number of thiophene rings is 1. The van der Waals surface area contributed by atoms with Crippen LogP contribution < -0.4 is 5.32 Å². The summed E-state index contributed by atoms with van der Waals surface area (Å²) in [6, 6.07) is 12.0. The molecule has 1 aromatic carbocycles. The number of amides is 1. The highest BCUT2D eigenvalue weighted by Crippen LogP contribution is 2.23. The largest absolute Gasteiger partial charge is 0.379 e. The zero-order valence-electron chi connectivity index (χ0n) is 13.2. The molecule has 1 amide bonds. The molecule has 0 bridgehead atoms. The maximum atomic E-state index is 12.0. The molecule has 0 radical (unpaired) electrons. The topological polar surface area (TPSA) is 41.6 Å². The predicted octanol–water partition coefficient (Wildman–Crippen LogP) is 3.99. The summed E-state index contributed by atoms with van der Waals surface area (Å²) in [6.07, 6.45) is 3.37. The van der Waals surface area contributed by atoms with Crippen LogP contribution in [0.15, 0.2) is 46.3 Å². The van der Waals surface area contributed by atoms with Crippen molar-refractivity contribution in [2.24, 2.45) is 0 Å². The molecule has 1 aliphatic heterocycles. The van der Waals surface area contributed by atoms with E-state index in [0.29, 0.717) is 0 Å². The number of carbonyl (C=O) groups excluding carboxylic acids is 1. The zero-order chi connectivity index (χ0) is 16.8. The van der Waals surface area contributed by atoms with Crippen molar-refractivity contribution in [3.63, 3.8) is 0 Å². The molecule has 24 heavy (non-hydrogen) atoms. The Balaban J connectivity index is 1.51. The number of nitrogens with one attached hydrogen (secondary N) is 1. The molecule has 0 atom stereocenters. The number of ether oxygens (including phenoxy) is 1. The second-order valence-electron chi connectivity index (χ2n) is 5.55. The molecule has 1 fully saturated rings. The van der Waals surface area contributed by atoms with Crippen LogP contribution >= 0.6 is 27.3 Å². The third kappa shape index (κ3) is 5.27. The molecule has 6 heteroatoms. The lowest BCUT2D eigenvalue weighted by atomic mass is 10.2. The van der Waals surface area contributed by atoms with Gasteiger partial charge in [0, 0.05) is 36.3 Å². The molecule has 1 aromatic heterocycles. The molecule has 4 nitrogen and oxygen atoms in total. The van der Waals surface area contributed by atoms with E-state index in [0.717, 1.165) is 47.2 Å². The summed E-state index contributed by atoms with van der Waals surface area (Å²) in [7, 11) is 0. The number of rotatable bonds is 5. The standard InChI is InChI=1S/C18H19BrN2O2S/c19-17-7-5-16(24-17)6-8-18(22)20-15-3-1-14(2-4-15)13-21-9-11-23-12-10-21/h1-8H,9-13H2,(H,20,22)/b8-6+. The number of hydrogen-bond acceptors (Lipinski definition) is 4. The molecule has 1 saturated heterocycles. The van der Waals surface area contributed by atoms with Crippen molar-refractivity contribution in [2.45, 2.75) is 6.54 Å². The Morgan fingerprint density at radius 1 is 1.21 bits per heavy atom. The van der Waals surface area contributed by atoms with Crippen LogP contribution in [0, 0.1) is 0 Å². The lowest BCUT2D eigenvalue weighted by Gasteiger charge is -2.26. The molecule has 1 aliphatic rings. The van der Waals surface area contributed by atoms with Gasteiger partial charge >= 0.3 is 0 Å². The average Bonchev–Trinajstić information content (AvgIpc) is 3.01. The lowest BCUT2D eigenvalue weighted by molar-refractivity contribution is -0.111. The fourth-order valence-electron chi connectivity index (χ4n) is 2.47. The van der Waals surface area contributed by atoms with E-state index in [1.807, 2.05) is 30.3 Å². The van der Waals surface area contributed by atoms with Crippen molar-refractivity contribution in [2.75, 3.05) is 31.6 Å². The third-order valence-corrected chi connectivity index (χ3v) is 5.31. The zero-order valence-corrected chi connectivity index (χ0v) is 15.6.